The van der Waals surface area contributed by atoms with Gasteiger partial charge in [0.15, 0.2) is 6.61 Å². The van der Waals surface area contributed by atoms with E-state index in [1.165, 1.54) is 11.1 Å². The van der Waals surface area contributed by atoms with Gasteiger partial charge in [-0.15, -0.1) is 0 Å². The number of benzene rings is 2. The van der Waals surface area contributed by atoms with Gasteiger partial charge in [0.25, 0.3) is 5.91 Å². The summed E-state index contributed by atoms with van der Waals surface area (Å²) < 4.78 is 5.64. The Hall–Kier alpha value is -2.33. The van der Waals surface area contributed by atoms with E-state index in [0.717, 1.165) is 31.7 Å². The zero-order valence-corrected chi connectivity index (χ0v) is 17.2. The minimum absolute atomic E-state index is 0.0394. The summed E-state index contributed by atoms with van der Waals surface area (Å²) in [6.45, 7) is 8.65. The fourth-order valence-electron chi connectivity index (χ4n) is 3.74. The van der Waals surface area contributed by atoms with Gasteiger partial charge in [0.1, 0.15) is 5.75 Å². The maximum atomic E-state index is 12.2. The van der Waals surface area contributed by atoms with Gasteiger partial charge in [-0.05, 0) is 48.9 Å². The molecule has 0 radical (unpaired) electrons. The van der Waals surface area contributed by atoms with E-state index in [-0.39, 0.29) is 18.6 Å². The second-order valence-corrected chi connectivity index (χ2v) is 7.98. The van der Waals surface area contributed by atoms with Crippen molar-refractivity contribution in [2.75, 3.05) is 19.7 Å². The first-order valence-corrected chi connectivity index (χ1v) is 10.3. The summed E-state index contributed by atoms with van der Waals surface area (Å²) in [6, 6.07) is 19.2. The molecule has 1 aliphatic heterocycles. The van der Waals surface area contributed by atoms with E-state index >= 15 is 0 Å². The summed E-state index contributed by atoms with van der Waals surface area (Å²) in [5.74, 6) is 1.20. The highest BCUT2D eigenvalue weighted by Gasteiger charge is 2.24. The molecule has 0 bridgehead atoms. The molecular formula is C24H32N2O2. The Bertz CT molecular complexity index is 735. The van der Waals surface area contributed by atoms with Crippen LogP contribution in [-0.2, 0) is 4.79 Å². The number of rotatable bonds is 7. The smallest absolute Gasteiger partial charge is 0.258 e. The summed E-state index contributed by atoms with van der Waals surface area (Å²) >= 11 is 0. The average molecular weight is 381 g/mol. The van der Waals surface area contributed by atoms with Crippen LogP contribution in [0.4, 0.5) is 0 Å². The highest BCUT2D eigenvalue weighted by molar-refractivity contribution is 5.77. The van der Waals surface area contributed by atoms with Crippen LogP contribution in [-0.4, -0.2) is 36.5 Å². The van der Waals surface area contributed by atoms with Gasteiger partial charge in [0.05, 0.1) is 0 Å². The van der Waals surface area contributed by atoms with Crippen molar-refractivity contribution in [3.8, 4) is 5.75 Å². The molecule has 0 aromatic heterocycles. The first-order chi connectivity index (χ1) is 13.5. The Kier molecular flexibility index (Phi) is 7.10. The number of nitrogens with one attached hydrogen (secondary N) is 1. The number of hydrogen-bond acceptors (Lipinski definition) is 3. The Morgan fingerprint density at radius 2 is 1.64 bits per heavy atom. The van der Waals surface area contributed by atoms with Crippen LogP contribution in [0.2, 0.25) is 0 Å². The Balaban J connectivity index is 1.40. The standard InChI is InChI=1S/C24H32N2O2/c1-18(2)20-9-11-23(12-10-20)28-17-24(27)25-22-13-15-26(16-14-22)19(3)21-7-5-4-6-8-21/h4-12,18-19,22H,13-17H2,1-3H3,(H,25,27)/t19-/m0/s1. The summed E-state index contributed by atoms with van der Waals surface area (Å²) in [7, 11) is 0. The van der Waals surface area contributed by atoms with Crippen molar-refractivity contribution in [2.24, 2.45) is 0 Å². The number of amides is 1. The molecule has 28 heavy (non-hydrogen) atoms. The summed E-state index contributed by atoms with van der Waals surface area (Å²) in [5.41, 5.74) is 2.62. The minimum Gasteiger partial charge on any atom is -0.484 e. The second-order valence-electron chi connectivity index (χ2n) is 7.98. The maximum Gasteiger partial charge on any atom is 0.258 e. The lowest BCUT2D eigenvalue weighted by molar-refractivity contribution is -0.124. The zero-order chi connectivity index (χ0) is 19.9. The molecule has 0 spiro atoms. The fraction of sp³-hybridized carbons (Fsp3) is 0.458. The minimum atomic E-state index is -0.0394. The van der Waals surface area contributed by atoms with Gasteiger partial charge in [-0.25, -0.2) is 0 Å². The number of carbonyl (C=O) groups excluding carboxylic acids is 1. The first kappa shape index (κ1) is 20.4. The molecule has 0 saturated carbocycles. The molecule has 3 rings (SSSR count). The molecule has 1 amide bonds. The Labute approximate surface area is 168 Å². The SMILES string of the molecule is CC(C)c1ccc(OCC(=O)NC2CCN([C@@H](C)c3ccccc3)CC2)cc1. The third-order valence-electron chi connectivity index (χ3n) is 5.64. The lowest BCUT2D eigenvalue weighted by Gasteiger charge is -2.36. The Morgan fingerprint density at radius 3 is 2.25 bits per heavy atom. The lowest BCUT2D eigenvalue weighted by Crippen LogP contribution is -2.46. The number of likely N-dealkylation sites (tertiary alicyclic amines) is 1. The van der Waals surface area contributed by atoms with Crippen LogP contribution in [0.15, 0.2) is 54.6 Å². The Morgan fingerprint density at radius 1 is 1.00 bits per heavy atom. The van der Waals surface area contributed by atoms with Crippen molar-refractivity contribution < 1.29 is 9.53 Å². The van der Waals surface area contributed by atoms with Crippen LogP contribution < -0.4 is 10.1 Å². The van der Waals surface area contributed by atoms with Crippen LogP contribution in [0.5, 0.6) is 5.75 Å². The molecule has 1 atom stereocenters. The molecule has 1 aliphatic rings. The number of hydrogen-bond donors (Lipinski definition) is 1. The van der Waals surface area contributed by atoms with Crippen LogP contribution in [0.1, 0.15) is 56.7 Å². The highest BCUT2D eigenvalue weighted by Crippen LogP contribution is 2.24. The van der Waals surface area contributed by atoms with Crippen molar-refractivity contribution in [1.29, 1.82) is 0 Å². The zero-order valence-electron chi connectivity index (χ0n) is 17.2. The van der Waals surface area contributed by atoms with Crippen LogP contribution in [0.3, 0.4) is 0 Å². The monoisotopic (exact) mass is 380 g/mol. The normalized spacial score (nSPS) is 16.7. The average Bonchev–Trinajstić information content (AvgIpc) is 2.73. The lowest BCUT2D eigenvalue weighted by atomic mass is 10.00. The molecule has 1 saturated heterocycles. The van der Waals surface area contributed by atoms with Gasteiger partial charge in [-0.1, -0.05) is 56.3 Å². The predicted octanol–water partition coefficient (Wildman–Crippen LogP) is 4.53. The molecule has 2 aromatic rings. The molecule has 4 heteroatoms. The topological polar surface area (TPSA) is 41.6 Å². The van der Waals surface area contributed by atoms with Crippen molar-refractivity contribution in [2.45, 2.75) is 51.6 Å². The van der Waals surface area contributed by atoms with Crippen LogP contribution in [0.25, 0.3) is 0 Å². The first-order valence-electron chi connectivity index (χ1n) is 10.3. The van der Waals surface area contributed by atoms with E-state index in [1.54, 1.807) is 0 Å². The third-order valence-corrected chi connectivity index (χ3v) is 5.64. The largest absolute Gasteiger partial charge is 0.484 e. The van der Waals surface area contributed by atoms with E-state index in [1.807, 2.05) is 12.1 Å². The van der Waals surface area contributed by atoms with Gasteiger partial charge < -0.3 is 10.1 Å². The van der Waals surface area contributed by atoms with Gasteiger partial charge >= 0.3 is 0 Å². The molecule has 2 aromatic carbocycles. The van der Waals surface area contributed by atoms with Gasteiger partial charge in [0.2, 0.25) is 0 Å². The van der Waals surface area contributed by atoms with E-state index in [4.69, 9.17) is 4.74 Å². The van der Waals surface area contributed by atoms with Crippen molar-refractivity contribution in [1.82, 2.24) is 10.2 Å². The van der Waals surface area contributed by atoms with Gasteiger partial charge in [-0.2, -0.15) is 0 Å². The van der Waals surface area contributed by atoms with Crippen molar-refractivity contribution in [3.63, 3.8) is 0 Å². The number of nitrogens with zero attached hydrogens (tertiary/aromatic N) is 1. The third kappa shape index (κ3) is 5.59. The van der Waals surface area contributed by atoms with Crippen molar-refractivity contribution in [3.05, 3.63) is 65.7 Å². The molecule has 1 fully saturated rings. The maximum absolute atomic E-state index is 12.2. The summed E-state index contributed by atoms with van der Waals surface area (Å²) in [6.07, 6.45) is 1.96. The van der Waals surface area contributed by atoms with Gasteiger partial charge in [-0.3, -0.25) is 9.69 Å². The summed E-state index contributed by atoms with van der Waals surface area (Å²) in [4.78, 5) is 14.7. The quantitative estimate of drug-likeness (QED) is 0.767. The van der Waals surface area contributed by atoms with Gasteiger partial charge in [0, 0.05) is 25.2 Å². The van der Waals surface area contributed by atoms with Crippen LogP contribution in [0, 0.1) is 0 Å². The predicted molar refractivity (Wildman–Crippen MR) is 114 cm³/mol. The second kappa shape index (κ2) is 9.74. The van der Waals surface area contributed by atoms with E-state index in [2.05, 4.69) is 73.5 Å². The van der Waals surface area contributed by atoms with E-state index in [9.17, 15) is 4.79 Å². The molecule has 1 N–H and O–H groups in total. The number of piperidine rings is 1. The summed E-state index contributed by atoms with van der Waals surface area (Å²) in [5, 5.41) is 3.13. The molecule has 4 nitrogen and oxygen atoms in total. The molecule has 0 unspecified atom stereocenters. The molecule has 1 heterocycles. The fourth-order valence-corrected chi connectivity index (χ4v) is 3.74. The highest BCUT2D eigenvalue weighted by atomic mass is 16.5. The van der Waals surface area contributed by atoms with E-state index < -0.39 is 0 Å². The molecule has 150 valence electrons. The van der Waals surface area contributed by atoms with E-state index in [0.29, 0.717) is 12.0 Å². The number of carbonyl (C=O) groups is 1. The molecular weight excluding hydrogens is 348 g/mol. The number of ether oxygens (including phenoxy) is 1. The molecule has 0 aliphatic carbocycles. The van der Waals surface area contributed by atoms with Crippen LogP contribution >= 0.6 is 0 Å². The van der Waals surface area contributed by atoms with Crippen molar-refractivity contribution >= 4 is 5.91 Å².